The van der Waals surface area contributed by atoms with E-state index in [0.717, 1.165) is 19.4 Å². The van der Waals surface area contributed by atoms with E-state index in [1.165, 1.54) is 27.4 Å². The molecular weight excluding hydrogens is 380 g/mol. The summed E-state index contributed by atoms with van der Waals surface area (Å²) in [6.45, 7) is 1.42. The topological polar surface area (TPSA) is 81.1 Å². The van der Waals surface area contributed by atoms with Gasteiger partial charge in [0.25, 0.3) is 0 Å². The molecule has 0 radical (unpaired) electrons. The zero-order valence-corrected chi connectivity index (χ0v) is 17.3. The zero-order valence-electron chi connectivity index (χ0n) is 20.3. The minimum Gasteiger partial charge on any atom is -0.478 e. The number of hydrogen-bond donors (Lipinski definition) is 2. The summed E-state index contributed by atoms with van der Waals surface area (Å²) in [5.74, 6) is -2.29. The molecule has 1 atom stereocenters. The Bertz CT molecular complexity index is 928. The number of anilines is 2. The third kappa shape index (κ3) is 7.04. The second-order valence-corrected chi connectivity index (χ2v) is 7.36. The smallest absolute Gasteiger partial charge is 0.328 e. The number of nitrogens with zero attached hydrogens (tertiary/aromatic N) is 2. The standard InChI is InChI=1S/C20H26N2.C4H4O4/c1-16(14-21(2)3)15-22-19-10-6-4-8-17(19)12-13-18-9-5-7-11-20(18)22;5-3(6)1-2-4(7)8/h4-11,16H,12-15H2,1-3H3;1-2H,(H,5,6)(H,7,8)/b;2-1+/i2D3;. The summed E-state index contributed by atoms with van der Waals surface area (Å²) < 4.78 is 22.7. The predicted molar refractivity (Wildman–Crippen MR) is 119 cm³/mol. The van der Waals surface area contributed by atoms with Gasteiger partial charge in [0.05, 0.1) is 0 Å². The van der Waals surface area contributed by atoms with Crippen molar-refractivity contribution in [3.8, 4) is 0 Å². The Hall–Kier alpha value is -3.12. The van der Waals surface area contributed by atoms with E-state index >= 15 is 0 Å². The molecule has 2 N–H and O–H groups in total. The largest absolute Gasteiger partial charge is 0.478 e. The number of hydrogen-bond acceptors (Lipinski definition) is 4. The van der Waals surface area contributed by atoms with Gasteiger partial charge >= 0.3 is 11.9 Å². The summed E-state index contributed by atoms with van der Waals surface area (Å²) in [5.41, 5.74) is 5.21. The molecule has 30 heavy (non-hydrogen) atoms. The van der Waals surface area contributed by atoms with Crippen LogP contribution in [0.5, 0.6) is 0 Å². The summed E-state index contributed by atoms with van der Waals surface area (Å²) in [7, 11) is 1.67. The fourth-order valence-electron chi connectivity index (χ4n) is 3.55. The van der Waals surface area contributed by atoms with Crippen molar-refractivity contribution in [1.82, 2.24) is 4.90 Å². The molecule has 2 aromatic carbocycles. The highest BCUT2D eigenvalue weighted by Gasteiger charge is 2.21. The molecule has 6 heteroatoms. The van der Waals surface area contributed by atoms with Gasteiger partial charge in [0.15, 0.2) is 0 Å². The molecule has 0 amide bonds. The third-order valence-corrected chi connectivity index (χ3v) is 4.68. The SMILES string of the molecule is O=C(O)/C=C/C(=O)O.[2H]C([2H])([2H])N(C)CC(C)CN1c2ccccc2CCc2ccccc21. The van der Waals surface area contributed by atoms with Crippen LogP contribution >= 0.6 is 0 Å². The Balaban J connectivity index is 0.000000414. The quantitative estimate of drug-likeness (QED) is 0.701. The lowest BCUT2D eigenvalue weighted by Crippen LogP contribution is -2.30. The van der Waals surface area contributed by atoms with Gasteiger partial charge in [-0.3, -0.25) is 0 Å². The molecule has 1 aliphatic heterocycles. The molecule has 0 saturated carbocycles. The third-order valence-electron chi connectivity index (χ3n) is 4.68. The van der Waals surface area contributed by atoms with Crippen molar-refractivity contribution in [3.63, 3.8) is 0 Å². The molecule has 0 spiro atoms. The van der Waals surface area contributed by atoms with Gasteiger partial charge in [-0.25, -0.2) is 9.59 Å². The van der Waals surface area contributed by atoms with Crippen LogP contribution in [0.3, 0.4) is 0 Å². The minimum absolute atomic E-state index is 0.227. The maximum absolute atomic E-state index is 9.55. The molecule has 160 valence electrons. The predicted octanol–water partition coefficient (Wildman–Crippen LogP) is 3.83. The van der Waals surface area contributed by atoms with Gasteiger partial charge in [0, 0.05) is 40.7 Å². The first-order valence-electron chi connectivity index (χ1n) is 11.3. The molecule has 1 heterocycles. The van der Waals surface area contributed by atoms with Crippen LogP contribution in [0, 0.1) is 5.92 Å². The molecule has 0 fully saturated rings. The number of aliphatic carboxylic acids is 2. The molecular formula is C24H30N2O4. The molecule has 1 aliphatic rings. The minimum atomic E-state index is -2.04. The first-order valence-corrected chi connectivity index (χ1v) is 9.77. The van der Waals surface area contributed by atoms with Crippen LogP contribution in [-0.4, -0.2) is 54.2 Å². The Morgan fingerprint density at radius 3 is 1.93 bits per heavy atom. The maximum atomic E-state index is 9.55. The first kappa shape index (κ1) is 18.9. The van der Waals surface area contributed by atoms with Crippen LogP contribution in [0.4, 0.5) is 11.4 Å². The average Bonchev–Trinajstić information content (AvgIpc) is 2.90. The van der Waals surface area contributed by atoms with Crippen LogP contribution in [0.15, 0.2) is 60.7 Å². The fraction of sp³-hybridized carbons (Fsp3) is 0.333. The number of carboxylic acid groups (broad SMARTS) is 2. The van der Waals surface area contributed by atoms with Crippen LogP contribution in [0.2, 0.25) is 0 Å². The van der Waals surface area contributed by atoms with E-state index in [1.807, 2.05) is 0 Å². The normalized spacial score (nSPS) is 15.6. The number of carboxylic acids is 2. The lowest BCUT2D eigenvalue weighted by molar-refractivity contribution is -0.134. The van der Waals surface area contributed by atoms with E-state index in [0.29, 0.717) is 18.7 Å². The number of benzene rings is 2. The lowest BCUT2D eigenvalue weighted by Gasteiger charge is -2.30. The van der Waals surface area contributed by atoms with Crippen molar-refractivity contribution in [2.24, 2.45) is 5.92 Å². The summed E-state index contributed by atoms with van der Waals surface area (Å²) in [6, 6.07) is 17.1. The molecule has 2 aromatic rings. The summed E-state index contributed by atoms with van der Waals surface area (Å²) in [6.07, 6.45) is 3.19. The van der Waals surface area contributed by atoms with E-state index in [2.05, 4.69) is 60.4 Å². The van der Waals surface area contributed by atoms with Crippen molar-refractivity contribution in [1.29, 1.82) is 0 Å². The number of aryl methyl sites for hydroxylation is 2. The van der Waals surface area contributed by atoms with Crippen LogP contribution in [0.25, 0.3) is 0 Å². The summed E-state index contributed by atoms with van der Waals surface area (Å²) in [4.78, 5) is 22.9. The molecule has 0 aliphatic carbocycles. The zero-order chi connectivity index (χ0) is 24.6. The summed E-state index contributed by atoms with van der Waals surface area (Å²) in [5, 5.41) is 15.6. The maximum Gasteiger partial charge on any atom is 0.328 e. The van der Waals surface area contributed by atoms with Crippen molar-refractivity contribution in [2.45, 2.75) is 19.8 Å². The number of fused-ring (bicyclic) bond motifs is 2. The Morgan fingerprint density at radius 1 is 1.03 bits per heavy atom. The lowest BCUT2D eigenvalue weighted by atomic mass is 10.0. The van der Waals surface area contributed by atoms with Gasteiger partial charge in [0.1, 0.15) is 0 Å². The van der Waals surface area contributed by atoms with E-state index in [-0.39, 0.29) is 5.92 Å². The number of para-hydroxylation sites is 2. The number of carbonyl (C=O) groups is 2. The van der Waals surface area contributed by atoms with Crippen molar-refractivity contribution >= 4 is 23.3 Å². The Kier molecular flexibility index (Phi) is 7.03. The Morgan fingerprint density at radius 2 is 1.50 bits per heavy atom. The van der Waals surface area contributed by atoms with Crippen LogP contribution < -0.4 is 4.90 Å². The number of rotatable bonds is 6. The van der Waals surface area contributed by atoms with Crippen molar-refractivity contribution in [3.05, 3.63) is 71.8 Å². The van der Waals surface area contributed by atoms with Crippen molar-refractivity contribution < 1.29 is 23.9 Å². The second-order valence-electron chi connectivity index (χ2n) is 7.36. The van der Waals surface area contributed by atoms with Crippen LogP contribution in [-0.2, 0) is 22.4 Å². The molecule has 6 nitrogen and oxygen atoms in total. The van der Waals surface area contributed by atoms with E-state index in [4.69, 9.17) is 14.3 Å². The highest BCUT2D eigenvalue weighted by molar-refractivity contribution is 5.89. The molecule has 0 aromatic heterocycles. The van der Waals surface area contributed by atoms with Gasteiger partial charge in [-0.15, -0.1) is 0 Å². The van der Waals surface area contributed by atoms with Crippen LogP contribution in [0.1, 0.15) is 22.2 Å². The van der Waals surface area contributed by atoms with Gasteiger partial charge in [-0.05, 0) is 56.0 Å². The van der Waals surface area contributed by atoms with Gasteiger partial charge in [-0.2, -0.15) is 0 Å². The fourth-order valence-corrected chi connectivity index (χ4v) is 3.55. The highest BCUT2D eigenvalue weighted by atomic mass is 16.4. The molecule has 0 bridgehead atoms. The monoisotopic (exact) mass is 413 g/mol. The van der Waals surface area contributed by atoms with Gasteiger partial charge in [-0.1, -0.05) is 43.3 Å². The first-order chi connectivity index (χ1) is 15.5. The highest BCUT2D eigenvalue weighted by Crippen LogP contribution is 2.36. The molecule has 3 rings (SSSR count). The van der Waals surface area contributed by atoms with E-state index in [1.54, 1.807) is 7.05 Å². The average molecular weight is 414 g/mol. The molecule has 1 unspecified atom stereocenters. The molecule has 0 saturated heterocycles. The Labute approximate surface area is 182 Å². The second kappa shape index (κ2) is 11.2. The summed E-state index contributed by atoms with van der Waals surface area (Å²) >= 11 is 0. The van der Waals surface area contributed by atoms with E-state index < -0.39 is 18.9 Å². The van der Waals surface area contributed by atoms with E-state index in [9.17, 15) is 9.59 Å². The van der Waals surface area contributed by atoms with Gasteiger partial charge in [0.2, 0.25) is 0 Å². The van der Waals surface area contributed by atoms with Gasteiger partial charge < -0.3 is 20.0 Å². The van der Waals surface area contributed by atoms with Crippen molar-refractivity contribution in [2.75, 3.05) is 32.0 Å².